The van der Waals surface area contributed by atoms with E-state index in [9.17, 15) is 14.4 Å². The molecule has 3 N–H and O–H groups in total. The van der Waals surface area contributed by atoms with Crippen LogP contribution in [0.15, 0.2) is 53.1 Å². The topological polar surface area (TPSA) is 94.3 Å². The molecule has 1 aromatic heterocycles. The number of benzene rings is 2. The van der Waals surface area contributed by atoms with Crippen LogP contribution in [0.5, 0.6) is 0 Å². The molecule has 148 valence electrons. The van der Waals surface area contributed by atoms with Gasteiger partial charge in [-0.15, -0.1) is 0 Å². The maximum absolute atomic E-state index is 12.7. The van der Waals surface area contributed by atoms with Crippen LogP contribution in [0.3, 0.4) is 0 Å². The molecular formula is C21H19BrN4O3. The second-order valence-electron chi connectivity index (χ2n) is 7.00. The molecule has 0 aliphatic carbocycles. The molecule has 4 amide bonds. The molecule has 0 saturated carbocycles. The third-order valence-electron chi connectivity index (χ3n) is 4.97. The molecule has 1 aliphatic heterocycles. The standard InChI is InChI=1S/C21H19BrN4O3/c1-12-8-14(22)6-7-16(12)24-19(27)11-26-20(28)18(25-21(26)29)9-13-10-23-17-5-3-2-4-15(13)17/h2-8,10,18,23H,9,11H2,1H3,(H,24,27)(H,25,29). The number of amides is 4. The van der Waals surface area contributed by atoms with E-state index in [1.807, 2.05) is 49.5 Å². The molecular weight excluding hydrogens is 436 g/mol. The summed E-state index contributed by atoms with van der Waals surface area (Å²) in [5.41, 5.74) is 3.43. The van der Waals surface area contributed by atoms with Crippen molar-refractivity contribution in [1.29, 1.82) is 0 Å². The zero-order chi connectivity index (χ0) is 20.5. The van der Waals surface area contributed by atoms with Gasteiger partial charge in [-0.25, -0.2) is 4.79 Å². The van der Waals surface area contributed by atoms with E-state index in [0.29, 0.717) is 12.1 Å². The molecule has 0 spiro atoms. The van der Waals surface area contributed by atoms with E-state index in [1.165, 1.54) is 0 Å². The molecule has 0 radical (unpaired) electrons. The lowest BCUT2D eigenvalue weighted by molar-refractivity contribution is -0.130. The van der Waals surface area contributed by atoms with E-state index in [0.717, 1.165) is 31.4 Å². The average molecular weight is 455 g/mol. The molecule has 1 unspecified atom stereocenters. The van der Waals surface area contributed by atoms with E-state index in [2.05, 4.69) is 31.5 Å². The van der Waals surface area contributed by atoms with Gasteiger partial charge >= 0.3 is 6.03 Å². The number of imide groups is 1. The summed E-state index contributed by atoms with van der Waals surface area (Å²) in [5, 5.41) is 6.44. The number of fused-ring (bicyclic) bond motifs is 1. The number of para-hydroxylation sites is 1. The number of anilines is 1. The normalized spacial score (nSPS) is 16.3. The molecule has 29 heavy (non-hydrogen) atoms. The summed E-state index contributed by atoms with van der Waals surface area (Å²) in [6, 6.07) is 12.0. The van der Waals surface area contributed by atoms with Gasteiger partial charge in [0.2, 0.25) is 5.91 Å². The van der Waals surface area contributed by atoms with Crippen molar-refractivity contribution in [3.63, 3.8) is 0 Å². The van der Waals surface area contributed by atoms with Gasteiger partial charge in [0, 0.05) is 33.7 Å². The van der Waals surface area contributed by atoms with Crippen LogP contribution in [0.4, 0.5) is 10.5 Å². The smallest absolute Gasteiger partial charge is 0.325 e. The molecule has 2 heterocycles. The minimum atomic E-state index is -0.691. The lowest BCUT2D eigenvalue weighted by Gasteiger charge is -2.14. The minimum Gasteiger partial charge on any atom is -0.361 e. The first-order valence-electron chi connectivity index (χ1n) is 9.15. The number of aromatic nitrogens is 1. The van der Waals surface area contributed by atoms with Gasteiger partial charge in [-0.05, 0) is 42.3 Å². The molecule has 2 aromatic carbocycles. The summed E-state index contributed by atoms with van der Waals surface area (Å²) in [4.78, 5) is 41.5. The van der Waals surface area contributed by atoms with E-state index in [-0.39, 0.29) is 6.54 Å². The van der Waals surface area contributed by atoms with Gasteiger partial charge in [0.15, 0.2) is 0 Å². The molecule has 3 aromatic rings. The van der Waals surface area contributed by atoms with Crippen LogP contribution in [0.1, 0.15) is 11.1 Å². The van der Waals surface area contributed by atoms with Gasteiger partial charge in [-0.1, -0.05) is 34.1 Å². The van der Waals surface area contributed by atoms with Crippen molar-refractivity contribution in [2.75, 3.05) is 11.9 Å². The Morgan fingerprint density at radius 3 is 2.79 bits per heavy atom. The van der Waals surface area contributed by atoms with Crippen molar-refractivity contribution < 1.29 is 14.4 Å². The van der Waals surface area contributed by atoms with Gasteiger partial charge in [0.25, 0.3) is 5.91 Å². The number of carbonyl (C=O) groups is 3. The fourth-order valence-corrected chi connectivity index (χ4v) is 3.96. The number of urea groups is 1. The molecule has 0 bridgehead atoms. The van der Waals surface area contributed by atoms with E-state index >= 15 is 0 Å². The predicted molar refractivity (Wildman–Crippen MR) is 114 cm³/mol. The summed E-state index contributed by atoms with van der Waals surface area (Å²) in [6.45, 7) is 1.54. The largest absolute Gasteiger partial charge is 0.361 e. The van der Waals surface area contributed by atoms with Crippen LogP contribution in [-0.2, 0) is 16.0 Å². The highest BCUT2D eigenvalue weighted by molar-refractivity contribution is 9.10. The maximum Gasteiger partial charge on any atom is 0.325 e. The molecule has 4 rings (SSSR count). The highest BCUT2D eigenvalue weighted by Gasteiger charge is 2.39. The number of halogens is 1. The van der Waals surface area contributed by atoms with E-state index in [1.54, 1.807) is 6.07 Å². The van der Waals surface area contributed by atoms with Crippen molar-refractivity contribution in [3.05, 3.63) is 64.3 Å². The number of hydrogen-bond acceptors (Lipinski definition) is 3. The first-order valence-corrected chi connectivity index (χ1v) is 9.94. The van der Waals surface area contributed by atoms with Crippen LogP contribution >= 0.6 is 15.9 Å². The fraction of sp³-hybridized carbons (Fsp3) is 0.190. The summed E-state index contributed by atoms with van der Waals surface area (Å²) >= 11 is 3.37. The van der Waals surface area contributed by atoms with Crippen molar-refractivity contribution in [1.82, 2.24) is 15.2 Å². The quantitative estimate of drug-likeness (QED) is 0.516. The maximum atomic E-state index is 12.7. The number of nitrogens with one attached hydrogen (secondary N) is 3. The Kier molecular flexibility index (Phi) is 5.10. The summed E-state index contributed by atoms with van der Waals surface area (Å²) in [6.07, 6.45) is 2.20. The minimum absolute atomic E-state index is 0.329. The first kappa shape index (κ1) is 19.2. The van der Waals surface area contributed by atoms with Crippen molar-refractivity contribution in [2.45, 2.75) is 19.4 Å². The van der Waals surface area contributed by atoms with Crippen molar-refractivity contribution in [3.8, 4) is 0 Å². The van der Waals surface area contributed by atoms with Crippen molar-refractivity contribution in [2.24, 2.45) is 0 Å². The Labute approximate surface area is 175 Å². The van der Waals surface area contributed by atoms with Gasteiger partial charge in [-0.2, -0.15) is 0 Å². The Bertz CT molecular complexity index is 1120. The molecule has 1 atom stereocenters. The zero-order valence-corrected chi connectivity index (χ0v) is 17.2. The second kappa shape index (κ2) is 7.71. The third kappa shape index (κ3) is 3.88. The average Bonchev–Trinajstić information content (AvgIpc) is 3.21. The van der Waals surface area contributed by atoms with Crippen LogP contribution in [0.2, 0.25) is 0 Å². The molecule has 1 aliphatic rings. The Morgan fingerprint density at radius 2 is 2.00 bits per heavy atom. The van der Waals surface area contributed by atoms with Crippen LogP contribution < -0.4 is 10.6 Å². The first-order chi connectivity index (χ1) is 13.9. The Morgan fingerprint density at radius 1 is 1.21 bits per heavy atom. The number of nitrogens with zero attached hydrogens (tertiary/aromatic N) is 1. The van der Waals surface area contributed by atoms with E-state index in [4.69, 9.17) is 0 Å². The lowest BCUT2D eigenvalue weighted by atomic mass is 10.1. The number of rotatable bonds is 5. The molecule has 8 heteroatoms. The number of aryl methyl sites for hydroxylation is 1. The molecule has 1 fully saturated rings. The lowest BCUT2D eigenvalue weighted by Crippen LogP contribution is -2.38. The van der Waals surface area contributed by atoms with Gasteiger partial charge in [-0.3, -0.25) is 14.5 Å². The van der Waals surface area contributed by atoms with Crippen LogP contribution in [-0.4, -0.2) is 40.3 Å². The summed E-state index contributed by atoms with van der Waals surface area (Å²) in [5.74, 6) is -0.824. The Hall–Kier alpha value is -3.13. The van der Waals surface area contributed by atoms with Crippen LogP contribution in [0, 0.1) is 6.92 Å². The highest BCUT2D eigenvalue weighted by atomic mass is 79.9. The zero-order valence-electron chi connectivity index (χ0n) is 15.7. The van der Waals surface area contributed by atoms with E-state index < -0.39 is 23.9 Å². The number of aromatic amines is 1. The van der Waals surface area contributed by atoms with Gasteiger partial charge < -0.3 is 15.6 Å². The van der Waals surface area contributed by atoms with Gasteiger partial charge in [0.05, 0.1) is 0 Å². The predicted octanol–water partition coefficient (Wildman–Crippen LogP) is 3.34. The number of hydrogen-bond donors (Lipinski definition) is 3. The highest BCUT2D eigenvalue weighted by Crippen LogP contribution is 2.22. The SMILES string of the molecule is Cc1cc(Br)ccc1NC(=O)CN1C(=O)NC(Cc2c[nH]c3ccccc23)C1=O. The number of carbonyl (C=O) groups excluding carboxylic acids is 3. The van der Waals surface area contributed by atoms with Gasteiger partial charge in [0.1, 0.15) is 12.6 Å². The summed E-state index contributed by atoms with van der Waals surface area (Å²) in [7, 11) is 0. The summed E-state index contributed by atoms with van der Waals surface area (Å²) < 4.78 is 0.905. The van der Waals surface area contributed by atoms with Crippen molar-refractivity contribution >= 4 is 50.4 Å². The Balaban J connectivity index is 1.43. The van der Waals surface area contributed by atoms with Crippen LogP contribution in [0.25, 0.3) is 10.9 Å². The fourth-order valence-electron chi connectivity index (χ4n) is 3.49. The monoisotopic (exact) mass is 454 g/mol. The molecule has 1 saturated heterocycles. The second-order valence-corrected chi connectivity index (χ2v) is 7.91. The third-order valence-corrected chi connectivity index (χ3v) is 5.46. The number of H-pyrrole nitrogens is 1. The molecule has 7 nitrogen and oxygen atoms in total.